The number of nitrogens with one attached hydrogen (secondary N) is 1. The molecule has 0 fully saturated rings. The van der Waals surface area contributed by atoms with Crippen LogP contribution in [-0.2, 0) is 9.59 Å². The third-order valence-electron chi connectivity index (χ3n) is 2.52. The van der Waals surface area contributed by atoms with Crippen LogP contribution in [0, 0.1) is 0 Å². The molecule has 0 aromatic heterocycles. The molecular formula is C11H22N2O4. The Morgan fingerprint density at radius 2 is 1.65 bits per heavy atom. The molecule has 100 valence electrons. The van der Waals surface area contributed by atoms with E-state index in [1.807, 2.05) is 6.92 Å². The Morgan fingerprint density at radius 3 is 2.06 bits per heavy atom. The van der Waals surface area contributed by atoms with Crippen molar-refractivity contribution >= 4 is 11.9 Å². The molecule has 2 unspecified atom stereocenters. The predicted octanol–water partition coefficient (Wildman–Crippen LogP) is 0.412. The molecule has 0 spiro atoms. The molecule has 0 aliphatic rings. The van der Waals surface area contributed by atoms with E-state index in [1.165, 1.54) is 0 Å². The molecule has 0 amide bonds. The van der Waals surface area contributed by atoms with Gasteiger partial charge in [0, 0.05) is 0 Å². The largest absolute Gasteiger partial charge is 0.480 e. The summed E-state index contributed by atoms with van der Waals surface area (Å²) >= 11 is 0. The van der Waals surface area contributed by atoms with Crippen LogP contribution in [0.15, 0.2) is 0 Å². The monoisotopic (exact) mass is 246 g/mol. The molecule has 0 aliphatic heterocycles. The second-order valence-electron chi connectivity index (χ2n) is 4.02. The van der Waals surface area contributed by atoms with Crippen LogP contribution in [0.25, 0.3) is 0 Å². The topological polar surface area (TPSA) is 113 Å². The van der Waals surface area contributed by atoms with Crippen molar-refractivity contribution in [2.45, 2.75) is 51.1 Å². The van der Waals surface area contributed by atoms with E-state index in [0.717, 1.165) is 6.42 Å². The molecule has 0 aromatic rings. The summed E-state index contributed by atoms with van der Waals surface area (Å²) in [5.74, 6) is -2.01. The molecule has 2 atom stereocenters. The Bertz CT molecular complexity index is 246. The molecule has 0 bridgehead atoms. The fourth-order valence-corrected chi connectivity index (χ4v) is 1.58. The Balaban J connectivity index is 4.29. The summed E-state index contributed by atoms with van der Waals surface area (Å²) in [6, 6.07) is -1.60. The summed E-state index contributed by atoms with van der Waals surface area (Å²) in [6.45, 7) is 2.38. The van der Waals surface area contributed by atoms with E-state index in [9.17, 15) is 9.59 Å². The molecule has 6 heteroatoms. The van der Waals surface area contributed by atoms with Crippen LogP contribution >= 0.6 is 0 Å². The summed E-state index contributed by atoms with van der Waals surface area (Å²) in [5.41, 5.74) is 5.33. The minimum atomic E-state index is -1.01. The number of carbonyl (C=O) groups is 2. The Hall–Kier alpha value is -1.14. The van der Waals surface area contributed by atoms with Crippen LogP contribution in [0.4, 0.5) is 0 Å². The lowest BCUT2D eigenvalue weighted by Crippen LogP contribution is -2.47. The number of rotatable bonds is 10. The van der Waals surface area contributed by atoms with E-state index in [1.54, 1.807) is 0 Å². The van der Waals surface area contributed by atoms with Crippen molar-refractivity contribution in [2.24, 2.45) is 5.73 Å². The van der Waals surface area contributed by atoms with Crippen LogP contribution in [0.3, 0.4) is 0 Å². The van der Waals surface area contributed by atoms with Gasteiger partial charge < -0.3 is 15.9 Å². The Labute approximate surface area is 101 Å². The van der Waals surface area contributed by atoms with E-state index in [2.05, 4.69) is 5.32 Å². The quantitative estimate of drug-likeness (QED) is 0.415. The van der Waals surface area contributed by atoms with Crippen LogP contribution in [0.2, 0.25) is 0 Å². The highest BCUT2D eigenvalue weighted by atomic mass is 16.4. The average Bonchev–Trinajstić information content (AvgIpc) is 2.26. The number of hydrogen-bond donors (Lipinski definition) is 4. The first-order chi connectivity index (χ1) is 8.02. The SMILES string of the molecule is CCCC(NC(CCCCN)C(=O)O)C(=O)O. The van der Waals surface area contributed by atoms with Gasteiger partial charge >= 0.3 is 11.9 Å². The van der Waals surface area contributed by atoms with Gasteiger partial charge in [-0.2, -0.15) is 0 Å². The first-order valence-corrected chi connectivity index (χ1v) is 5.94. The van der Waals surface area contributed by atoms with Crippen molar-refractivity contribution in [1.29, 1.82) is 0 Å². The summed E-state index contributed by atoms with van der Waals surface area (Å²) in [5, 5.41) is 20.6. The zero-order chi connectivity index (χ0) is 13.3. The molecule has 6 nitrogen and oxygen atoms in total. The number of nitrogens with two attached hydrogens (primary N) is 1. The lowest BCUT2D eigenvalue weighted by molar-refractivity contribution is -0.142. The fourth-order valence-electron chi connectivity index (χ4n) is 1.58. The molecule has 0 heterocycles. The molecule has 0 saturated carbocycles. The maximum Gasteiger partial charge on any atom is 0.320 e. The van der Waals surface area contributed by atoms with Crippen LogP contribution < -0.4 is 11.1 Å². The van der Waals surface area contributed by atoms with Crippen molar-refractivity contribution in [1.82, 2.24) is 5.32 Å². The lowest BCUT2D eigenvalue weighted by Gasteiger charge is -2.19. The van der Waals surface area contributed by atoms with Gasteiger partial charge in [0.2, 0.25) is 0 Å². The molecule has 0 rings (SSSR count). The molecule has 0 aliphatic carbocycles. The lowest BCUT2D eigenvalue weighted by atomic mass is 10.1. The van der Waals surface area contributed by atoms with Crippen LogP contribution in [-0.4, -0.2) is 40.8 Å². The van der Waals surface area contributed by atoms with E-state index in [-0.39, 0.29) is 0 Å². The van der Waals surface area contributed by atoms with Crippen molar-refractivity contribution in [3.8, 4) is 0 Å². The third-order valence-corrected chi connectivity index (χ3v) is 2.52. The molecular weight excluding hydrogens is 224 g/mol. The third kappa shape index (κ3) is 6.91. The van der Waals surface area contributed by atoms with E-state index in [4.69, 9.17) is 15.9 Å². The van der Waals surface area contributed by atoms with Gasteiger partial charge in [0.25, 0.3) is 0 Å². The van der Waals surface area contributed by atoms with Gasteiger partial charge in [-0.1, -0.05) is 19.8 Å². The first kappa shape index (κ1) is 15.9. The van der Waals surface area contributed by atoms with Gasteiger partial charge in [-0.05, 0) is 25.8 Å². The number of carboxylic acids is 2. The predicted molar refractivity (Wildman–Crippen MR) is 63.8 cm³/mol. The second-order valence-corrected chi connectivity index (χ2v) is 4.02. The van der Waals surface area contributed by atoms with Crippen LogP contribution in [0.1, 0.15) is 39.0 Å². The van der Waals surface area contributed by atoms with Gasteiger partial charge in [-0.25, -0.2) is 0 Å². The number of aliphatic carboxylic acids is 2. The molecule has 0 aromatic carbocycles. The zero-order valence-electron chi connectivity index (χ0n) is 10.2. The highest BCUT2D eigenvalue weighted by molar-refractivity contribution is 5.77. The molecule has 17 heavy (non-hydrogen) atoms. The van der Waals surface area contributed by atoms with Crippen molar-refractivity contribution in [2.75, 3.05) is 6.54 Å². The van der Waals surface area contributed by atoms with E-state index in [0.29, 0.717) is 32.2 Å². The molecule has 0 radical (unpaired) electrons. The fraction of sp³-hybridized carbons (Fsp3) is 0.818. The van der Waals surface area contributed by atoms with Gasteiger partial charge in [-0.3, -0.25) is 14.9 Å². The minimum absolute atomic E-state index is 0.403. The number of carboxylic acid groups (broad SMARTS) is 2. The van der Waals surface area contributed by atoms with Crippen molar-refractivity contribution in [3.05, 3.63) is 0 Å². The summed E-state index contributed by atoms with van der Waals surface area (Å²) < 4.78 is 0. The van der Waals surface area contributed by atoms with Gasteiger partial charge in [0.1, 0.15) is 12.1 Å². The summed E-state index contributed by atoms with van der Waals surface area (Å²) in [4.78, 5) is 21.9. The zero-order valence-corrected chi connectivity index (χ0v) is 10.2. The summed E-state index contributed by atoms with van der Waals surface area (Å²) in [7, 11) is 0. The summed E-state index contributed by atoms with van der Waals surface area (Å²) in [6.07, 6.45) is 2.95. The van der Waals surface area contributed by atoms with Crippen molar-refractivity contribution in [3.63, 3.8) is 0 Å². The normalized spacial score (nSPS) is 14.2. The van der Waals surface area contributed by atoms with Gasteiger partial charge in [0.15, 0.2) is 0 Å². The van der Waals surface area contributed by atoms with Crippen LogP contribution in [0.5, 0.6) is 0 Å². The smallest absolute Gasteiger partial charge is 0.320 e. The van der Waals surface area contributed by atoms with Gasteiger partial charge in [0.05, 0.1) is 0 Å². The Morgan fingerprint density at radius 1 is 1.12 bits per heavy atom. The first-order valence-electron chi connectivity index (χ1n) is 5.94. The average molecular weight is 246 g/mol. The molecule has 0 saturated heterocycles. The number of unbranched alkanes of at least 4 members (excludes halogenated alkanes) is 1. The highest BCUT2D eigenvalue weighted by Gasteiger charge is 2.24. The Kier molecular flexibility index (Phi) is 8.35. The molecule has 5 N–H and O–H groups in total. The number of hydrogen-bond acceptors (Lipinski definition) is 4. The van der Waals surface area contributed by atoms with Gasteiger partial charge in [-0.15, -0.1) is 0 Å². The highest BCUT2D eigenvalue weighted by Crippen LogP contribution is 2.05. The standard InChI is InChI=1S/C11H22N2O4/c1-2-5-8(10(14)15)13-9(11(16)17)6-3-4-7-12/h8-9,13H,2-7,12H2,1H3,(H,14,15)(H,16,17). The second kappa shape index (κ2) is 8.95. The maximum absolute atomic E-state index is 11.0. The maximum atomic E-state index is 11.0. The van der Waals surface area contributed by atoms with Crippen molar-refractivity contribution < 1.29 is 19.8 Å². The van der Waals surface area contributed by atoms with E-state index >= 15 is 0 Å². The minimum Gasteiger partial charge on any atom is -0.480 e. The van der Waals surface area contributed by atoms with E-state index < -0.39 is 24.0 Å².